The fourth-order valence-corrected chi connectivity index (χ4v) is 6.26. The Hall–Kier alpha value is -4.69. The molecule has 1 aliphatic rings. The summed E-state index contributed by atoms with van der Waals surface area (Å²) in [4.78, 5) is 68.4. The average Bonchev–Trinajstić information content (AvgIpc) is 3.67. The van der Waals surface area contributed by atoms with E-state index in [1.165, 1.54) is 4.90 Å². The van der Waals surface area contributed by atoms with Crippen LogP contribution in [0.15, 0.2) is 60.7 Å². The van der Waals surface area contributed by atoms with Crippen LogP contribution in [0, 0.1) is 11.8 Å². The summed E-state index contributed by atoms with van der Waals surface area (Å²) in [5.41, 5.74) is 1.65. The number of amides is 5. The molecule has 0 radical (unpaired) electrons. The van der Waals surface area contributed by atoms with Gasteiger partial charge in [-0.25, -0.2) is 9.59 Å². The van der Waals surface area contributed by atoms with E-state index in [2.05, 4.69) is 21.3 Å². The van der Waals surface area contributed by atoms with Gasteiger partial charge in [0.15, 0.2) is 6.29 Å². The molecule has 0 saturated carbocycles. The first-order valence-corrected chi connectivity index (χ1v) is 19.5. The normalized spacial score (nSPS) is 15.7. The molecule has 0 bridgehead atoms. The zero-order valence-electron chi connectivity index (χ0n) is 33.2. The lowest BCUT2D eigenvalue weighted by atomic mass is 10.00. The molecule has 4 atom stereocenters. The van der Waals surface area contributed by atoms with Crippen molar-refractivity contribution in [3.8, 4) is 0 Å². The van der Waals surface area contributed by atoms with Gasteiger partial charge in [-0.3, -0.25) is 14.4 Å². The molecule has 0 unspecified atom stereocenters. The number of nitrogens with zero attached hydrogens (tertiary/aromatic N) is 1. The molecule has 1 fully saturated rings. The van der Waals surface area contributed by atoms with Gasteiger partial charge in [0.1, 0.15) is 31.3 Å². The van der Waals surface area contributed by atoms with Crippen LogP contribution in [0.2, 0.25) is 0 Å². The van der Waals surface area contributed by atoms with Crippen LogP contribution in [-0.2, 0) is 46.5 Å². The van der Waals surface area contributed by atoms with Gasteiger partial charge >= 0.3 is 12.2 Å². The summed E-state index contributed by atoms with van der Waals surface area (Å²) in [5.74, 6) is -1.58. The Balaban J connectivity index is 1.65. The highest BCUT2D eigenvalue weighted by molar-refractivity contribution is 5.94. The van der Waals surface area contributed by atoms with Gasteiger partial charge in [-0.05, 0) is 68.9 Å². The second-order valence-electron chi connectivity index (χ2n) is 14.2. The molecule has 5 amide bonds. The Labute approximate surface area is 325 Å². The van der Waals surface area contributed by atoms with Crippen LogP contribution in [0.3, 0.4) is 0 Å². The van der Waals surface area contributed by atoms with Crippen LogP contribution in [-0.4, -0.2) is 91.6 Å². The lowest BCUT2D eigenvalue weighted by molar-refractivity contribution is -0.166. The molecule has 55 heavy (non-hydrogen) atoms. The molecular weight excluding hydrogens is 706 g/mol. The van der Waals surface area contributed by atoms with E-state index < -0.39 is 48.6 Å². The zero-order chi connectivity index (χ0) is 40.2. The number of nitrogens with one attached hydrogen (secondary N) is 4. The number of rotatable bonds is 22. The van der Waals surface area contributed by atoms with Crippen LogP contribution in [0.4, 0.5) is 9.59 Å². The van der Waals surface area contributed by atoms with Crippen LogP contribution in [0.25, 0.3) is 0 Å². The van der Waals surface area contributed by atoms with Gasteiger partial charge in [-0.15, -0.1) is 0 Å². The minimum absolute atomic E-state index is 0.00614. The Kier molecular flexibility index (Phi) is 19.5. The lowest BCUT2D eigenvalue weighted by Gasteiger charge is -2.34. The largest absolute Gasteiger partial charge is 0.445 e. The number of hydrogen-bond acceptors (Lipinski definition) is 9. The SMILES string of the molecule is CCOC(OCC)[C@@H](NC(=O)[C@@H]1CCCN1C(=O)[C@@H](NC(=O)[C@H](CCCCNC(=O)OCc1ccccc1)NC(=O)OCc1ccccc1)C(C)C)C(C)C. The predicted octanol–water partition coefficient (Wildman–Crippen LogP) is 5.05. The van der Waals surface area contributed by atoms with E-state index in [0.29, 0.717) is 52.0 Å². The molecular formula is C41H61N5O9. The smallest absolute Gasteiger partial charge is 0.408 e. The molecule has 1 saturated heterocycles. The van der Waals surface area contributed by atoms with Crippen LogP contribution >= 0.6 is 0 Å². The first kappa shape index (κ1) is 44.7. The molecule has 14 heteroatoms. The molecule has 0 spiro atoms. The highest BCUT2D eigenvalue weighted by Gasteiger charge is 2.41. The third-order valence-electron chi connectivity index (χ3n) is 9.27. The summed E-state index contributed by atoms with van der Waals surface area (Å²) in [6.45, 7) is 12.9. The average molecular weight is 768 g/mol. The summed E-state index contributed by atoms with van der Waals surface area (Å²) >= 11 is 0. The quantitative estimate of drug-likeness (QED) is 0.0945. The first-order chi connectivity index (χ1) is 26.4. The first-order valence-electron chi connectivity index (χ1n) is 19.5. The van der Waals surface area contributed by atoms with Crippen molar-refractivity contribution in [1.29, 1.82) is 0 Å². The number of ether oxygens (including phenoxy) is 4. The lowest BCUT2D eigenvalue weighted by Crippen LogP contribution is -2.59. The van der Waals surface area contributed by atoms with Crippen LogP contribution in [0.5, 0.6) is 0 Å². The van der Waals surface area contributed by atoms with Gasteiger partial charge < -0.3 is 45.1 Å². The summed E-state index contributed by atoms with van der Waals surface area (Å²) < 4.78 is 22.3. The van der Waals surface area contributed by atoms with Crippen molar-refractivity contribution in [3.63, 3.8) is 0 Å². The van der Waals surface area contributed by atoms with Gasteiger partial charge in [0.2, 0.25) is 17.7 Å². The number of likely N-dealkylation sites (tertiary alicyclic amines) is 1. The molecule has 1 heterocycles. The fraction of sp³-hybridized carbons (Fsp3) is 0.585. The van der Waals surface area contributed by atoms with Crippen molar-refractivity contribution in [2.45, 2.75) is 117 Å². The molecule has 2 aromatic rings. The summed E-state index contributed by atoms with van der Waals surface area (Å²) in [5, 5.41) is 11.3. The summed E-state index contributed by atoms with van der Waals surface area (Å²) in [6, 6.07) is 15.3. The number of benzene rings is 2. The van der Waals surface area contributed by atoms with Crippen molar-refractivity contribution in [2.75, 3.05) is 26.3 Å². The molecule has 14 nitrogen and oxygen atoms in total. The Morgan fingerprint density at radius 1 is 0.745 bits per heavy atom. The Morgan fingerprint density at radius 2 is 1.33 bits per heavy atom. The molecule has 0 aromatic heterocycles. The molecule has 0 aliphatic carbocycles. The second kappa shape index (κ2) is 24.0. The van der Waals surface area contributed by atoms with Crippen LogP contribution in [0.1, 0.15) is 84.8 Å². The summed E-state index contributed by atoms with van der Waals surface area (Å²) in [7, 11) is 0. The van der Waals surface area contributed by atoms with E-state index in [1.807, 2.05) is 102 Å². The van der Waals surface area contributed by atoms with E-state index in [9.17, 15) is 24.0 Å². The van der Waals surface area contributed by atoms with E-state index in [1.54, 1.807) is 0 Å². The molecule has 2 aromatic carbocycles. The van der Waals surface area contributed by atoms with Gasteiger partial charge in [0, 0.05) is 26.3 Å². The van der Waals surface area contributed by atoms with Crippen molar-refractivity contribution in [2.24, 2.45) is 11.8 Å². The van der Waals surface area contributed by atoms with Gasteiger partial charge in [0.05, 0.1) is 6.04 Å². The number of carbonyl (C=O) groups excluding carboxylic acids is 5. The van der Waals surface area contributed by atoms with Crippen LogP contribution < -0.4 is 21.3 Å². The van der Waals surface area contributed by atoms with Crippen molar-refractivity contribution >= 4 is 29.9 Å². The maximum Gasteiger partial charge on any atom is 0.408 e. The second-order valence-corrected chi connectivity index (χ2v) is 14.2. The van der Waals surface area contributed by atoms with E-state index in [0.717, 1.165) is 11.1 Å². The molecule has 1 aliphatic heterocycles. The minimum Gasteiger partial charge on any atom is -0.445 e. The minimum atomic E-state index is -1.04. The number of alkyl carbamates (subject to hydrolysis) is 2. The Bertz CT molecular complexity index is 1470. The monoisotopic (exact) mass is 767 g/mol. The number of hydrogen-bond donors (Lipinski definition) is 4. The van der Waals surface area contributed by atoms with E-state index in [4.69, 9.17) is 18.9 Å². The third-order valence-corrected chi connectivity index (χ3v) is 9.27. The van der Waals surface area contributed by atoms with Gasteiger partial charge in [0.25, 0.3) is 0 Å². The standard InChI is InChI=1S/C41H61N5O9/c1-7-52-39(53-8-2)35(29(5)6)45-37(48)33-23-17-25-46(33)38(49)34(28(3)4)44-36(47)32(43-41(51)55-27-31-20-13-10-14-21-31)22-15-16-24-42-40(50)54-26-30-18-11-9-12-19-30/h9-14,18-21,28-29,32-35,39H,7-8,15-17,22-27H2,1-6H3,(H,42,50)(H,43,51)(H,44,47)(H,45,48)/t32-,33-,34-,35-/m0/s1. The summed E-state index contributed by atoms with van der Waals surface area (Å²) in [6.07, 6.45) is 0.266. The van der Waals surface area contributed by atoms with Gasteiger partial charge in [-0.2, -0.15) is 0 Å². The third kappa shape index (κ3) is 15.2. The number of carbonyl (C=O) groups is 5. The molecule has 3 rings (SSSR count). The van der Waals surface area contributed by atoms with E-state index in [-0.39, 0.29) is 43.3 Å². The predicted molar refractivity (Wildman–Crippen MR) is 207 cm³/mol. The Morgan fingerprint density at radius 3 is 1.87 bits per heavy atom. The maximum atomic E-state index is 14.1. The molecule has 304 valence electrons. The van der Waals surface area contributed by atoms with Crippen molar-refractivity contribution < 1.29 is 42.9 Å². The zero-order valence-corrected chi connectivity index (χ0v) is 33.2. The van der Waals surface area contributed by atoms with Gasteiger partial charge in [-0.1, -0.05) is 88.4 Å². The highest BCUT2D eigenvalue weighted by atomic mass is 16.7. The topological polar surface area (TPSA) is 174 Å². The van der Waals surface area contributed by atoms with Crippen molar-refractivity contribution in [1.82, 2.24) is 26.2 Å². The number of unbranched alkanes of at least 4 members (excludes halogenated alkanes) is 1. The van der Waals surface area contributed by atoms with E-state index >= 15 is 0 Å². The highest BCUT2D eigenvalue weighted by Crippen LogP contribution is 2.22. The fourth-order valence-electron chi connectivity index (χ4n) is 6.26. The maximum absolute atomic E-state index is 14.1. The van der Waals surface area contributed by atoms with Crippen molar-refractivity contribution in [3.05, 3.63) is 71.8 Å². The molecule has 4 N–H and O–H groups in total.